The van der Waals surface area contributed by atoms with E-state index >= 15 is 0 Å². The molecule has 7 heteroatoms. The zero-order valence-electron chi connectivity index (χ0n) is 10.9. The van der Waals surface area contributed by atoms with Crippen LogP contribution >= 0.6 is 11.8 Å². The van der Waals surface area contributed by atoms with Crippen LogP contribution in [-0.2, 0) is 0 Å². The maximum atomic E-state index is 8.64. The number of hydrogen-bond acceptors (Lipinski definition) is 6. The summed E-state index contributed by atoms with van der Waals surface area (Å²) in [6.45, 7) is 2.13. The molecule has 0 amide bonds. The number of oxime groups is 1. The average molecular weight is 269 g/mol. The quantitative estimate of drug-likeness (QED) is 0.348. The summed E-state index contributed by atoms with van der Waals surface area (Å²) in [4.78, 5) is 10.5. The highest BCUT2D eigenvalue weighted by molar-refractivity contribution is 7.98. The first-order valence-electron chi connectivity index (χ1n) is 5.66. The molecular formula is C11H19N5OS. The second-order valence-corrected chi connectivity index (χ2v) is 4.77. The van der Waals surface area contributed by atoms with Gasteiger partial charge in [-0.05, 0) is 18.7 Å². The number of thioether (sulfide) groups is 1. The smallest absolute Gasteiger partial charge is 0.225 e. The molecule has 0 aliphatic rings. The molecule has 1 unspecified atom stereocenters. The van der Waals surface area contributed by atoms with Crippen LogP contribution in [0, 0.1) is 0 Å². The summed E-state index contributed by atoms with van der Waals surface area (Å²) < 4.78 is 0. The summed E-state index contributed by atoms with van der Waals surface area (Å²) in [5.41, 5.74) is 5.94. The molecule has 0 fully saturated rings. The van der Waals surface area contributed by atoms with Gasteiger partial charge in [0.1, 0.15) is 5.69 Å². The number of rotatable bonds is 6. The van der Waals surface area contributed by atoms with Gasteiger partial charge in [0.15, 0.2) is 5.84 Å². The lowest BCUT2D eigenvalue weighted by Gasteiger charge is -2.26. The Morgan fingerprint density at radius 2 is 2.39 bits per heavy atom. The van der Waals surface area contributed by atoms with Crippen LogP contribution in [0.5, 0.6) is 0 Å². The van der Waals surface area contributed by atoms with Gasteiger partial charge >= 0.3 is 0 Å². The van der Waals surface area contributed by atoms with Crippen LogP contribution in [-0.4, -0.2) is 46.1 Å². The lowest BCUT2D eigenvalue weighted by atomic mass is 10.2. The minimum absolute atomic E-state index is 0.00929. The first-order valence-corrected chi connectivity index (χ1v) is 7.06. The van der Waals surface area contributed by atoms with Crippen LogP contribution in [0.4, 0.5) is 5.95 Å². The Bertz CT molecular complexity index is 412. The lowest BCUT2D eigenvalue weighted by molar-refractivity contribution is 0.318. The molecule has 18 heavy (non-hydrogen) atoms. The Hall–Kier alpha value is -1.50. The zero-order chi connectivity index (χ0) is 13.5. The molecule has 0 aromatic carbocycles. The normalized spacial score (nSPS) is 13.4. The van der Waals surface area contributed by atoms with E-state index in [0.29, 0.717) is 17.7 Å². The largest absolute Gasteiger partial charge is 0.409 e. The monoisotopic (exact) mass is 269 g/mol. The van der Waals surface area contributed by atoms with E-state index in [4.69, 9.17) is 10.9 Å². The van der Waals surface area contributed by atoms with Gasteiger partial charge in [-0.25, -0.2) is 9.97 Å². The Kier molecular flexibility index (Phi) is 5.70. The van der Waals surface area contributed by atoms with Crippen molar-refractivity contribution in [2.24, 2.45) is 10.9 Å². The van der Waals surface area contributed by atoms with E-state index in [0.717, 1.165) is 12.2 Å². The lowest BCUT2D eigenvalue weighted by Crippen LogP contribution is -2.34. The maximum absolute atomic E-state index is 8.64. The molecule has 1 atom stereocenters. The third kappa shape index (κ3) is 3.49. The maximum Gasteiger partial charge on any atom is 0.225 e. The average Bonchev–Trinajstić information content (AvgIpc) is 2.43. The summed E-state index contributed by atoms with van der Waals surface area (Å²) in [5, 5.41) is 11.6. The van der Waals surface area contributed by atoms with Crippen LogP contribution in [0.3, 0.4) is 0 Å². The van der Waals surface area contributed by atoms with E-state index in [-0.39, 0.29) is 5.84 Å². The molecule has 0 saturated carbocycles. The fourth-order valence-electron chi connectivity index (χ4n) is 1.57. The molecule has 1 rings (SSSR count). The van der Waals surface area contributed by atoms with Crippen LogP contribution < -0.4 is 10.6 Å². The van der Waals surface area contributed by atoms with Crippen molar-refractivity contribution in [3.05, 3.63) is 18.0 Å². The molecular weight excluding hydrogens is 250 g/mol. The van der Waals surface area contributed by atoms with E-state index < -0.39 is 0 Å². The summed E-state index contributed by atoms with van der Waals surface area (Å²) >= 11 is 1.79. The summed E-state index contributed by atoms with van der Waals surface area (Å²) in [6.07, 6.45) is 4.69. The molecule has 1 heterocycles. The van der Waals surface area contributed by atoms with E-state index in [1.807, 2.05) is 11.9 Å². The van der Waals surface area contributed by atoms with Crippen molar-refractivity contribution in [2.45, 2.75) is 19.4 Å². The zero-order valence-corrected chi connectivity index (χ0v) is 11.7. The number of nitrogens with two attached hydrogens (primary N) is 1. The SMILES string of the molecule is CCC(CSC)N(C)c1nccc(/C(N)=N/O)n1. The first-order chi connectivity index (χ1) is 8.63. The van der Waals surface area contributed by atoms with Crippen molar-refractivity contribution in [3.8, 4) is 0 Å². The molecule has 0 aliphatic heterocycles. The highest BCUT2D eigenvalue weighted by Crippen LogP contribution is 2.14. The van der Waals surface area contributed by atoms with Gasteiger partial charge in [-0.15, -0.1) is 0 Å². The van der Waals surface area contributed by atoms with Crippen molar-refractivity contribution in [1.29, 1.82) is 0 Å². The second-order valence-electron chi connectivity index (χ2n) is 3.86. The number of aromatic nitrogens is 2. The number of amidine groups is 1. The van der Waals surface area contributed by atoms with Gasteiger partial charge in [-0.1, -0.05) is 12.1 Å². The van der Waals surface area contributed by atoms with E-state index in [1.165, 1.54) is 0 Å². The standard InChI is InChI=1S/C11H19N5OS/c1-4-8(7-18-3)16(2)11-13-6-5-9(14-11)10(12)15-17/h5-6,8,17H,4,7H2,1-3H3,(H2,12,15). The molecule has 0 saturated heterocycles. The van der Waals surface area contributed by atoms with Crippen LogP contribution in [0.25, 0.3) is 0 Å². The molecule has 1 aromatic rings. The molecule has 0 spiro atoms. The fourth-order valence-corrected chi connectivity index (χ4v) is 2.42. The molecule has 3 N–H and O–H groups in total. The number of anilines is 1. The van der Waals surface area contributed by atoms with Gasteiger partial charge in [-0.3, -0.25) is 0 Å². The molecule has 0 bridgehead atoms. The molecule has 6 nitrogen and oxygen atoms in total. The Morgan fingerprint density at radius 3 is 2.94 bits per heavy atom. The highest BCUT2D eigenvalue weighted by atomic mass is 32.2. The first kappa shape index (κ1) is 14.6. The van der Waals surface area contributed by atoms with Gasteiger partial charge in [0.2, 0.25) is 5.95 Å². The molecule has 100 valence electrons. The van der Waals surface area contributed by atoms with Gasteiger partial charge < -0.3 is 15.8 Å². The van der Waals surface area contributed by atoms with Gasteiger partial charge in [0, 0.05) is 25.0 Å². The molecule has 0 radical (unpaired) electrons. The van der Waals surface area contributed by atoms with E-state index in [9.17, 15) is 0 Å². The summed E-state index contributed by atoms with van der Waals surface area (Å²) in [7, 11) is 1.95. The van der Waals surface area contributed by atoms with E-state index in [1.54, 1.807) is 24.0 Å². The minimum atomic E-state index is -0.00929. The fraction of sp³-hybridized carbons (Fsp3) is 0.545. The van der Waals surface area contributed by atoms with Crippen molar-refractivity contribution in [1.82, 2.24) is 9.97 Å². The van der Waals surface area contributed by atoms with Gasteiger partial charge in [0.25, 0.3) is 0 Å². The Morgan fingerprint density at radius 1 is 1.67 bits per heavy atom. The predicted octanol–water partition coefficient (Wildman–Crippen LogP) is 1.15. The van der Waals surface area contributed by atoms with Crippen LogP contribution in [0.15, 0.2) is 17.4 Å². The highest BCUT2D eigenvalue weighted by Gasteiger charge is 2.15. The van der Waals surface area contributed by atoms with Crippen molar-refractivity contribution >= 4 is 23.5 Å². The minimum Gasteiger partial charge on any atom is -0.409 e. The molecule has 0 aliphatic carbocycles. The third-order valence-corrected chi connectivity index (χ3v) is 3.42. The Balaban J connectivity index is 2.95. The van der Waals surface area contributed by atoms with Crippen molar-refractivity contribution in [2.75, 3.05) is 24.0 Å². The second kappa shape index (κ2) is 7.05. The molecule has 1 aromatic heterocycles. The van der Waals surface area contributed by atoms with Gasteiger partial charge in [-0.2, -0.15) is 11.8 Å². The Labute approximate surface area is 111 Å². The number of hydrogen-bond donors (Lipinski definition) is 2. The topological polar surface area (TPSA) is 87.6 Å². The summed E-state index contributed by atoms with van der Waals surface area (Å²) in [5.74, 6) is 1.58. The van der Waals surface area contributed by atoms with E-state index in [2.05, 4.69) is 28.3 Å². The van der Waals surface area contributed by atoms with Crippen molar-refractivity contribution in [3.63, 3.8) is 0 Å². The van der Waals surface area contributed by atoms with Crippen LogP contribution in [0.1, 0.15) is 19.0 Å². The van der Waals surface area contributed by atoms with Gasteiger partial charge in [0.05, 0.1) is 0 Å². The predicted molar refractivity (Wildman–Crippen MR) is 75.4 cm³/mol. The summed E-state index contributed by atoms with van der Waals surface area (Å²) in [6, 6.07) is 1.98. The third-order valence-electron chi connectivity index (χ3n) is 2.71. The van der Waals surface area contributed by atoms with Crippen LogP contribution in [0.2, 0.25) is 0 Å². The number of nitrogens with zero attached hydrogens (tertiary/aromatic N) is 4. The van der Waals surface area contributed by atoms with Crippen molar-refractivity contribution < 1.29 is 5.21 Å².